The van der Waals surface area contributed by atoms with Gasteiger partial charge in [-0.05, 0) is 61.2 Å². The number of hydrogen-bond acceptors (Lipinski definition) is 5. The van der Waals surface area contributed by atoms with Gasteiger partial charge < -0.3 is 19.7 Å². The number of ether oxygens (including phenoxy) is 2. The number of nitrogens with one attached hydrogen (secondary N) is 2. The lowest BCUT2D eigenvalue weighted by Crippen LogP contribution is -2.45. The van der Waals surface area contributed by atoms with E-state index in [1.54, 1.807) is 13.4 Å². The second kappa shape index (κ2) is 10.7. The van der Waals surface area contributed by atoms with Gasteiger partial charge in [0.1, 0.15) is 29.4 Å². The molecule has 0 atom stereocenters. The number of likely N-dealkylation sites (tertiary alicyclic amines) is 1. The minimum atomic E-state index is 0.450. The molecular formula is C24H30N6O2. The number of piperidine rings is 1. The molecule has 0 saturated carbocycles. The van der Waals surface area contributed by atoms with E-state index in [2.05, 4.69) is 42.5 Å². The molecule has 4 rings (SSSR count). The summed E-state index contributed by atoms with van der Waals surface area (Å²) in [7, 11) is 3.50. The number of methoxy groups -OCH3 is 1. The molecule has 2 heterocycles. The van der Waals surface area contributed by atoms with E-state index < -0.39 is 0 Å². The second-order valence-corrected chi connectivity index (χ2v) is 7.78. The topological polar surface area (TPSA) is 87.7 Å². The Morgan fingerprint density at radius 1 is 1.06 bits per heavy atom. The summed E-state index contributed by atoms with van der Waals surface area (Å²) in [5.41, 5.74) is 1.25. The minimum Gasteiger partial charge on any atom is -0.497 e. The third kappa shape index (κ3) is 5.57. The molecular weight excluding hydrogens is 404 g/mol. The molecule has 168 valence electrons. The van der Waals surface area contributed by atoms with E-state index in [9.17, 15) is 0 Å². The van der Waals surface area contributed by atoms with E-state index in [1.807, 2.05) is 43.4 Å². The lowest BCUT2D eigenvalue weighted by molar-refractivity contribution is 0.299. The molecule has 0 spiro atoms. The third-order valence-corrected chi connectivity index (χ3v) is 5.74. The number of aliphatic imine (C=N–C) groups is 1. The highest BCUT2D eigenvalue weighted by Gasteiger charge is 2.24. The van der Waals surface area contributed by atoms with Crippen LogP contribution >= 0.6 is 0 Å². The lowest BCUT2D eigenvalue weighted by Gasteiger charge is -2.33. The van der Waals surface area contributed by atoms with Crippen molar-refractivity contribution >= 4 is 5.96 Å². The SMILES string of the molecule is CN=C(NCCc1ccc(Oc2ccc(OC)cc2)cc1)N1CCC(c2ncn[nH]2)CC1. The number of aromatic amines is 1. The fourth-order valence-electron chi connectivity index (χ4n) is 3.93. The maximum absolute atomic E-state index is 5.90. The van der Waals surface area contributed by atoms with Gasteiger partial charge in [0, 0.05) is 32.6 Å². The summed E-state index contributed by atoms with van der Waals surface area (Å²) in [6, 6.07) is 15.8. The highest BCUT2D eigenvalue weighted by atomic mass is 16.5. The average molecular weight is 435 g/mol. The van der Waals surface area contributed by atoms with Crippen LogP contribution in [-0.2, 0) is 6.42 Å². The molecule has 3 aromatic rings. The van der Waals surface area contributed by atoms with Gasteiger partial charge in [0.25, 0.3) is 0 Å². The molecule has 0 radical (unpaired) electrons. The van der Waals surface area contributed by atoms with Crippen molar-refractivity contribution in [3.8, 4) is 17.2 Å². The molecule has 0 amide bonds. The first-order valence-corrected chi connectivity index (χ1v) is 11.0. The largest absolute Gasteiger partial charge is 0.497 e. The molecule has 1 aliphatic rings. The van der Waals surface area contributed by atoms with Gasteiger partial charge in [-0.15, -0.1) is 0 Å². The molecule has 32 heavy (non-hydrogen) atoms. The number of guanidine groups is 1. The zero-order valence-corrected chi connectivity index (χ0v) is 18.6. The Hall–Kier alpha value is -3.55. The van der Waals surface area contributed by atoms with Crippen LogP contribution < -0.4 is 14.8 Å². The van der Waals surface area contributed by atoms with Crippen molar-refractivity contribution in [1.29, 1.82) is 0 Å². The molecule has 0 aliphatic carbocycles. The summed E-state index contributed by atoms with van der Waals surface area (Å²) in [6.07, 6.45) is 4.59. The van der Waals surface area contributed by atoms with Crippen molar-refractivity contribution in [2.24, 2.45) is 4.99 Å². The molecule has 1 aromatic heterocycles. The molecule has 1 saturated heterocycles. The van der Waals surface area contributed by atoms with E-state index in [0.717, 1.165) is 67.9 Å². The molecule has 1 fully saturated rings. The number of benzene rings is 2. The normalized spacial score (nSPS) is 14.9. The van der Waals surface area contributed by atoms with Crippen LogP contribution in [0.3, 0.4) is 0 Å². The maximum Gasteiger partial charge on any atom is 0.193 e. The van der Waals surface area contributed by atoms with E-state index in [0.29, 0.717) is 5.92 Å². The third-order valence-electron chi connectivity index (χ3n) is 5.74. The number of H-pyrrole nitrogens is 1. The summed E-state index contributed by atoms with van der Waals surface area (Å²) in [6.45, 7) is 2.75. The van der Waals surface area contributed by atoms with E-state index in [1.165, 1.54) is 5.56 Å². The fraction of sp³-hybridized carbons (Fsp3) is 0.375. The predicted octanol–water partition coefficient (Wildman–Crippen LogP) is 3.60. The van der Waals surface area contributed by atoms with Crippen LogP contribution in [0.1, 0.15) is 30.1 Å². The Kier molecular flexibility index (Phi) is 7.22. The molecule has 2 N–H and O–H groups in total. The van der Waals surface area contributed by atoms with Crippen LogP contribution in [-0.4, -0.2) is 59.8 Å². The van der Waals surface area contributed by atoms with E-state index in [-0.39, 0.29) is 0 Å². The lowest BCUT2D eigenvalue weighted by atomic mass is 9.96. The van der Waals surface area contributed by atoms with Crippen LogP contribution in [0.4, 0.5) is 0 Å². The van der Waals surface area contributed by atoms with Gasteiger partial charge in [-0.2, -0.15) is 5.10 Å². The van der Waals surface area contributed by atoms with Gasteiger partial charge in [0.05, 0.1) is 7.11 Å². The van der Waals surface area contributed by atoms with Gasteiger partial charge in [-0.25, -0.2) is 4.98 Å². The smallest absolute Gasteiger partial charge is 0.193 e. The summed E-state index contributed by atoms with van der Waals surface area (Å²) < 4.78 is 11.1. The molecule has 8 nitrogen and oxygen atoms in total. The maximum atomic E-state index is 5.90. The van der Waals surface area contributed by atoms with Crippen molar-refractivity contribution in [1.82, 2.24) is 25.4 Å². The molecule has 8 heteroatoms. The standard InChI is InChI=1S/C24H30N6O2/c1-25-24(30-15-12-19(13-16-30)23-27-17-28-29-23)26-14-11-18-3-5-21(6-4-18)32-22-9-7-20(31-2)8-10-22/h3-10,17,19H,11-16H2,1-2H3,(H,25,26)(H,27,28,29). The average Bonchev–Trinajstić information content (AvgIpc) is 3.39. The first-order chi connectivity index (χ1) is 15.7. The van der Waals surface area contributed by atoms with Crippen LogP contribution in [0.25, 0.3) is 0 Å². The van der Waals surface area contributed by atoms with Gasteiger partial charge in [0.15, 0.2) is 5.96 Å². The first-order valence-electron chi connectivity index (χ1n) is 11.0. The van der Waals surface area contributed by atoms with Crippen molar-refractivity contribution < 1.29 is 9.47 Å². The predicted molar refractivity (Wildman–Crippen MR) is 125 cm³/mol. The zero-order chi connectivity index (χ0) is 22.2. The van der Waals surface area contributed by atoms with Crippen molar-refractivity contribution in [2.45, 2.75) is 25.2 Å². The highest BCUT2D eigenvalue weighted by Crippen LogP contribution is 2.25. The monoisotopic (exact) mass is 434 g/mol. The van der Waals surface area contributed by atoms with Crippen LogP contribution in [0.2, 0.25) is 0 Å². The first kappa shape index (κ1) is 21.7. The molecule has 0 unspecified atom stereocenters. The Balaban J connectivity index is 1.22. The van der Waals surface area contributed by atoms with Crippen molar-refractivity contribution in [3.63, 3.8) is 0 Å². The zero-order valence-electron chi connectivity index (χ0n) is 18.6. The molecule has 1 aliphatic heterocycles. The van der Waals surface area contributed by atoms with Gasteiger partial charge in [-0.1, -0.05) is 12.1 Å². The minimum absolute atomic E-state index is 0.450. The molecule has 2 aromatic carbocycles. The van der Waals surface area contributed by atoms with Crippen molar-refractivity contribution in [2.75, 3.05) is 33.8 Å². The highest BCUT2D eigenvalue weighted by molar-refractivity contribution is 5.80. The molecule has 0 bridgehead atoms. The van der Waals surface area contributed by atoms with Crippen molar-refractivity contribution in [3.05, 3.63) is 66.2 Å². The summed E-state index contributed by atoms with van der Waals surface area (Å²) in [4.78, 5) is 11.1. The van der Waals surface area contributed by atoms with Crippen LogP contribution in [0, 0.1) is 0 Å². The Morgan fingerprint density at radius 2 is 1.72 bits per heavy atom. The number of nitrogens with zero attached hydrogens (tertiary/aromatic N) is 4. The van der Waals surface area contributed by atoms with E-state index in [4.69, 9.17) is 9.47 Å². The number of aromatic nitrogens is 3. The summed E-state index contributed by atoms with van der Waals surface area (Å²) >= 11 is 0. The quantitative estimate of drug-likeness (QED) is 0.436. The summed E-state index contributed by atoms with van der Waals surface area (Å²) in [5, 5.41) is 10.5. The van der Waals surface area contributed by atoms with E-state index >= 15 is 0 Å². The van der Waals surface area contributed by atoms with Gasteiger partial charge in [-0.3, -0.25) is 10.1 Å². The van der Waals surface area contributed by atoms with Crippen LogP contribution in [0.15, 0.2) is 59.9 Å². The number of rotatable bonds is 7. The Morgan fingerprint density at radius 3 is 2.31 bits per heavy atom. The number of hydrogen-bond donors (Lipinski definition) is 2. The summed E-state index contributed by atoms with van der Waals surface area (Å²) in [5.74, 6) is 4.82. The van der Waals surface area contributed by atoms with Gasteiger partial charge >= 0.3 is 0 Å². The van der Waals surface area contributed by atoms with Gasteiger partial charge in [0.2, 0.25) is 0 Å². The Labute approximate surface area is 188 Å². The Bertz CT molecular complexity index is 978. The van der Waals surface area contributed by atoms with Crippen LogP contribution in [0.5, 0.6) is 17.2 Å². The fourth-order valence-corrected chi connectivity index (χ4v) is 3.93. The second-order valence-electron chi connectivity index (χ2n) is 7.78.